The fraction of sp³-hybridized carbons (Fsp3) is 0.803. The minimum absolute atomic E-state index is 0.0868. The first-order valence-corrected chi connectivity index (χ1v) is 31.3. The summed E-state index contributed by atoms with van der Waals surface area (Å²) in [5.41, 5.74) is 0. The Morgan fingerprint density at radius 3 is 0.875 bits per heavy atom. The second kappa shape index (κ2) is 60.7. The van der Waals surface area contributed by atoms with Crippen molar-refractivity contribution in [1.29, 1.82) is 0 Å². The zero-order chi connectivity index (χ0) is 52.2. The van der Waals surface area contributed by atoms with Gasteiger partial charge >= 0.3 is 17.9 Å². The van der Waals surface area contributed by atoms with E-state index in [-0.39, 0.29) is 31.1 Å². The third-order valence-electron chi connectivity index (χ3n) is 13.8. The SMILES string of the molecule is CC/C=C\C/C=C\C/C=C\CCCCCC(=O)OCC(COC(=O)CCCCCCCCCCCCCCCCCCCCCCCCCCC)OC(=O)CCCCCCC/C=C\C/C=C\CCCCCC. The van der Waals surface area contributed by atoms with Crippen LogP contribution in [0.3, 0.4) is 0 Å². The number of allylic oxidation sites excluding steroid dienone is 10. The van der Waals surface area contributed by atoms with Crippen LogP contribution in [-0.4, -0.2) is 37.2 Å². The number of rotatable bonds is 57. The standard InChI is InChI=1S/C66H118O6/c1-4-7-10-13-16-19-22-25-27-29-30-31-32-33-34-35-36-37-39-41-44-47-50-53-56-59-65(68)71-62-63(61-70-64(67)58-55-52-49-46-43-40-24-21-18-15-12-9-6-3)72-66(69)60-57-54-51-48-45-42-38-28-26-23-20-17-14-11-8-5-2/h9,12,18,20-21,23,28,38,40,43,63H,4-8,10-11,13-17,19,22,24-27,29-37,39,41-42,44-62H2,1-3H3/b12-9-,21-18-,23-20-,38-28-,43-40-. The van der Waals surface area contributed by atoms with Gasteiger partial charge in [0, 0.05) is 19.3 Å². The van der Waals surface area contributed by atoms with Crippen molar-refractivity contribution in [3.8, 4) is 0 Å². The summed E-state index contributed by atoms with van der Waals surface area (Å²) in [6.45, 7) is 6.51. The van der Waals surface area contributed by atoms with Crippen molar-refractivity contribution in [2.75, 3.05) is 13.2 Å². The van der Waals surface area contributed by atoms with Gasteiger partial charge in [0.05, 0.1) is 0 Å². The van der Waals surface area contributed by atoms with E-state index >= 15 is 0 Å². The molecule has 0 aromatic carbocycles. The molecule has 0 aliphatic rings. The number of ether oxygens (including phenoxy) is 3. The number of hydrogen-bond acceptors (Lipinski definition) is 6. The molecular weight excluding hydrogens is 889 g/mol. The second-order valence-electron chi connectivity index (χ2n) is 20.9. The summed E-state index contributed by atoms with van der Waals surface area (Å²) in [6, 6.07) is 0. The van der Waals surface area contributed by atoms with Gasteiger partial charge in [0.1, 0.15) is 13.2 Å². The van der Waals surface area contributed by atoms with E-state index in [9.17, 15) is 14.4 Å². The molecule has 6 nitrogen and oxygen atoms in total. The predicted octanol–water partition coefficient (Wildman–Crippen LogP) is 21.2. The monoisotopic (exact) mass is 1010 g/mol. The number of hydrogen-bond donors (Lipinski definition) is 0. The summed E-state index contributed by atoms with van der Waals surface area (Å²) in [7, 11) is 0. The van der Waals surface area contributed by atoms with Crippen LogP contribution in [0.5, 0.6) is 0 Å². The van der Waals surface area contributed by atoms with Crippen LogP contribution in [0.2, 0.25) is 0 Å². The highest BCUT2D eigenvalue weighted by Crippen LogP contribution is 2.17. The zero-order valence-corrected chi connectivity index (χ0v) is 47.9. The van der Waals surface area contributed by atoms with E-state index in [1.807, 2.05) is 0 Å². The van der Waals surface area contributed by atoms with Gasteiger partial charge < -0.3 is 14.2 Å². The minimum Gasteiger partial charge on any atom is -0.462 e. The van der Waals surface area contributed by atoms with Crippen molar-refractivity contribution in [2.24, 2.45) is 0 Å². The van der Waals surface area contributed by atoms with E-state index in [4.69, 9.17) is 14.2 Å². The lowest BCUT2D eigenvalue weighted by atomic mass is 10.0. The van der Waals surface area contributed by atoms with Gasteiger partial charge in [-0.2, -0.15) is 0 Å². The Morgan fingerprint density at radius 2 is 0.542 bits per heavy atom. The number of esters is 3. The van der Waals surface area contributed by atoms with Gasteiger partial charge in [0.15, 0.2) is 6.10 Å². The molecule has 0 radical (unpaired) electrons. The van der Waals surface area contributed by atoms with Gasteiger partial charge in [-0.25, -0.2) is 0 Å². The molecule has 0 aromatic heterocycles. The topological polar surface area (TPSA) is 78.9 Å². The zero-order valence-electron chi connectivity index (χ0n) is 47.9. The van der Waals surface area contributed by atoms with Gasteiger partial charge in [-0.05, 0) is 83.5 Å². The second-order valence-corrected chi connectivity index (χ2v) is 20.9. The summed E-state index contributed by atoms with van der Waals surface area (Å²) in [6.07, 6.45) is 76.7. The summed E-state index contributed by atoms with van der Waals surface area (Å²) >= 11 is 0. The van der Waals surface area contributed by atoms with Gasteiger partial charge in [0.2, 0.25) is 0 Å². The Kier molecular flexibility index (Phi) is 58.2. The summed E-state index contributed by atoms with van der Waals surface area (Å²) in [5, 5.41) is 0. The maximum Gasteiger partial charge on any atom is 0.306 e. The molecule has 0 spiro atoms. The maximum atomic E-state index is 12.9. The first-order valence-electron chi connectivity index (χ1n) is 31.3. The quantitative estimate of drug-likeness (QED) is 0.0261. The van der Waals surface area contributed by atoms with Crippen LogP contribution in [0.15, 0.2) is 60.8 Å². The molecule has 72 heavy (non-hydrogen) atoms. The summed E-state index contributed by atoms with van der Waals surface area (Å²) in [5.74, 6) is -0.917. The third kappa shape index (κ3) is 58.0. The average molecular weight is 1010 g/mol. The van der Waals surface area contributed by atoms with E-state index in [0.29, 0.717) is 19.3 Å². The molecule has 0 bridgehead atoms. The number of unbranched alkanes of at least 4 members (excludes halogenated alkanes) is 36. The molecule has 0 aliphatic carbocycles. The van der Waals surface area contributed by atoms with Crippen LogP contribution in [0.25, 0.3) is 0 Å². The van der Waals surface area contributed by atoms with Crippen LogP contribution < -0.4 is 0 Å². The van der Waals surface area contributed by atoms with Crippen LogP contribution in [-0.2, 0) is 28.6 Å². The normalized spacial score (nSPS) is 12.4. The van der Waals surface area contributed by atoms with E-state index < -0.39 is 6.10 Å². The first-order chi connectivity index (χ1) is 35.5. The average Bonchev–Trinajstić information content (AvgIpc) is 3.38. The minimum atomic E-state index is -0.793. The molecule has 0 N–H and O–H groups in total. The van der Waals surface area contributed by atoms with Gasteiger partial charge in [0.25, 0.3) is 0 Å². The van der Waals surface area contributed by atoms with Crippen LogP contribution in [0.1, 0.15) is 323 Å². The van der Waals surface area contributed by atoms with E-state index in [1.165, 1.54) is 173 Å². The molecule has 0 amide bonds. The molecule has 0 aromatic rings. The van der Waals surface area contributed by atoms with Crippen molar-refractivity contribution >= 4 is 17.9 Å². The van der Waals surface area contributed by atoms with Crippen LogP contribution in [0, 0.1) is 0 Å². The number of carbonyl (C=O) groups excluding carboxylic acids is 3. The molecule has 0 aliphatic heterocycles. The van der Waals surface area contributed by atoms with E-state index in [1.54, 1.807) is 0 Å². The highest BCUT2D eigenvalue weighted by molar-refractivity contribution is 5.71. The fourth-order valence-electron chi connectivity index (χ4n) is 9.08. The molecule has 6 heteroatoms. The molecular formula is C66H118O6. The highest BCUT2D eigenvalue weighted by atomic mass is 16.6. The third-order valence-corrected chi connectivity index (χ3v) is 13.8. The lowest BCUT2D eigenvalue weighted by Gasteiger charge is -2.18. The Hall–Kier alpha value is -2.89. The molecule has 0 heterocycles. The Labute approximate surface area is 447 Å². The van der Waals surface area contributed by atoms with Gasteiger partial charge in [-0.15, -0.1) is 0 Å². The van der Waals surface area contributed by atoms with Crippen molar-refractivity contribution in [3.63, 3.8) is 0 Å². The maximum absolute atomic E-state index is 12.9. The predicted molar refractivity (Wildman–Crippen MR) is 312 cm³/mol. The lowest BCUT2D eigenvalue weighted by molar-refractivity contribution is -0.167. The molecule has 0 rings (SSSR count). The van der Waals surface area contributed by atoms with Crippen LogP contribution in [0.4, 0.5) is 0 Å². The van der Waals surface area contributed by atoms with Gasteiger partial charge in [-0.3, -0.25) is 14.4 Å². The molecule has 0 saturated carbocycles. The van der Waals surface area contributed by atoms with Crippen molar-refractivity contribution in [2.45, 2.75) is 329 Å². The molecule has 1 atom stereocenters. The van der Waals surface area contributed by atoms with Crippen molar-refractivity contribution in [1.82, 2.24) is 0 Å². The smallest absolute Gasteiger partial charge is 0.306 e. The van der Waals surface area contributed by atoms with Crippen LogP contribution >= 0.6 is 0 Å². The first kappa shape index (κ1) is 69.1. The summed E-state index contributed by atoms with van der Waals surface area (Å²) in [4.78, 5) is 38.2. The number of carbonyl (C=O) groups is 3. The van der Waals surface area contributed by atoms with E-state index in [0.717, 1.165) is 109 Å². The lowest BCUT2D eigenvalue weighted by Crippen LogP contribution is -2.30. The van der Waals surface area contributed by atoms with Gasteiger partial charge in [-0.1, -0.05) is 281 Å². The van der Waals surface area contributed by atoms with Crippen molar-refractivity contribution in [3.05, 3.63) is 60.8 Å². The summed E-state index contributed by atoms with van der Waals surface area (Å²) < 4.78 is 16.9. The largest absolute Gasteiger partial charge is 0.462 e. The molecule has 1 unspecified atom stereocenters. The molecule has 0 fully saturated rings. The Morgan fingerprint density at radius 1 is 0.292 bits per heavy atom. The highest BCUT2D eigenvalue weighted by Gasteiger charge is 2.19. The van der Waals surface area contributed by atoms with Crippen molar-refractivity contribution < 1.29 is 28.6 Å². The fourth-order valence-corrected chi connectivity index (χ4v) is 9.08. The Balaban J connectivity index is 4.27. The molecule has 0 saturated heterocycles. The van der Waals surface area contributed by atoms with E-state index in [2.05, 4.69) is 81.5 Å². The molecule has 418 valence electrons. The Bertz CT molecular complexity index is 1290.